The number of fused-ring (bicyclic) bond motifs is 1. The first-order valence-electron chi connectivity index (χ1n) is 11.0. The van der Waals surface area contributed by atoms with Gasteiger partial charge in [0.15, 0.2) is 0 Å². The molecule has 164 valence electrons. The van der Waals surface area contributed by atoms with Crippen LogP contribution in [0.2, 0.25) is 0 Å². The van der Waals surface area contributed by atoms with Crippen LogP contribution in [-0.2, 0) is 6.54 Å². The lowest BCUT2D eigenvalue weighted by Crippen LogP contribution is -2.38. The fourth-order valence-electron chi connectivity index (χ4n) is 4.18. The quantitative estimate of drug-likeness (QED) is 0.480. The molecule has 9 heteroatoms. The second kappa shape index (κ2) is 8.49. The summed E-state index contributed by atoms with van der Waals surface area (Å²) >= 11 is 0. The van der Waals surface area contributed by atoms with Gasteiger partial charge in [-0.15, -0.1) is 0 Å². The zero-order valence-electron chi connectivity index (χ0n) is 18.3. The Kier molecular flexibility index (Phi) is 5.38. The maximum absolute atomic E-state index is 12.4. The normalized spacial score (nSPS) is 15.0. The van der Waals surface area contributed by atoms with Crippen LogP contribution in [0.15, 0.2) is 53.8 Å². The average Bonchev–Trinajstić information content (AvgIpc) is 3.30. The molecule has 4 aromatic heterocycles. The number of hydrogen-bond donors (Lipinski definition) is 0. The fraction of sp³-hybridized carbons (Fsp3) is 0.391. The van der Waals surface area contributed by atoms with E-state index in [1.54, 1.807) is 35.5 Å². The number of aromatic nitrogens is 7. The molecule has 0 N–H and O–H groups in total. The highest BCUT2D eigenvalue weighted by atomic mass is 16.1. The minimum atomic E-state index is -0.0646. The number of nitrogens with zero attached hydrogens (tertiary/aromatic N) is 8. The van der Waals surface area contributed by atoms with Crippen molar-refractivity contribution in [2.45, 2.75) is 39.2 Å². The lowest BCUT2D eigenvalue weighted by atomic mass is 9.96. The second-order valence-corrected chi connectivity index (χ2v) is 8.57. The van der Waals surface area contributed by atoms with Crippen LogP contribution < -0.4 is 10.5 Å². The Hall–Kier alpha value is -3.62. The van der Waals surface area contributed by atoms with Crippen molar-refractivity contribution in [2.75, 3.05) is 18.0 Å². The molecule has 0 amide bonds. The highest BCUT2D eigenvalue weighted by Crippen LogP contribution is 2.26. The van der Waals surface area contributed by atoms with Crippen molar-refractivity contribution in [3.8, 4) is 11.3 Å². The summed E-state index contributed by atoms with van der Waals surface area (Å²) in [6.45, 7) is 6.67. The standard InChI is InChI=1S/C23H26N8O/c1-16(2)20-13-21(31-23(27-20)25-15-26-31)29-11-7-17(8-12-29)14-30-22(32)4-3-19(28-30)18-5-9-24-10-6-18/h3-6,9-10,13,15-17H,7-8,11-12,14H2,1-2H3. The van der Waals surface area contributed by atoms with E-state index >= 15 is 0 Å². The number of rotatable bonds is 5. The summed E-state index contributed by atoms with van der Waals surface area (Å²) in [6, 6.07) is 9.30. The Labute approximate surface area is 185 Å². The molecule has 0 bridgehead atoms. The Morgan fingerprint density at radius 1 is 1.09 bits per heavy atom. The smallest absolute Gasteiger partial charge is 0.266 e. The summed E-state index contributed by atoms with van der Waals surface area (Å²) in [7, 11) is 0. The molecule has 0 saturated carbocycles. The third-order valence-corrected chi connectivity index (χ3v) is 6.06. The maximum Gasteiger partial charge on any atom is 0.266 e. The number of piperidine rings is 1. The van der Waals surface area contributed by atoms with E-state index in [0.717, 1.165) is 48.7 Å². The van der Waals surface area contributed by atoms with E-state index in [0.29, 0.717) is 24.2 Å². The topological polar surface area (TPSA) is 94.1 Å². The third-order valence-electron chi connectivity index (χ3n) is 6.06. The van der Waals surface area contributed by atoms with Gasteiger partial charge in [0, 0.05) is 49.7 Å². The van der Waals surface area contributed by atoms with Gasteiger partial charge in [0.25, 0.3) is 11.3 Å². The van der Waals surface area contributed by atoms with Crippen LogP contribution in [0.3, 0.4) is 0 Å². The zero-order chi connectivity index (χ0) is 22.1. The van der Waals surface area contributed by atoms with Crippen LogP contribution in [0, 0.1) is 5.92 Å². The van der Waals surface area contributed by atoms with Crippen molar-refractivity contribution in [1.29, 1.82) is 0 Å². The molecule has 0 radical (unpaired) electrons. The Morgan fingerprint density at radius 2 is 1.88 bits per heavy atom. The molecule has 1 saturated heterocycles. The first-order valence-corrected chi connectivity index (χ1v) is 11.0. The minimum absolute atomic E-state index is 0.0646. The van der Waals surface area contributed by atoms with Gasteiger partial charge in [-0.05, 0) is 42.9 Å². The largest absolute Gasteiger partial charge is 0.356 e. The Morgan fingerprint density at radius 3 is 2.62 bits per heavy atom. The SMILES string of the molecule is CC(C)c1cc(N2CCC(Cn3nc(-c4ccncc4)ccc3=O)CC2)n2ncnc2n1. The van der Waals surface area contributed by atoms with Crippen molar-refractivity contribution in [2.24, 2.45) is 5.92 Å². The van der Waals surface area contributed by atoms with Gasteiger partial charge in [-0.1, -0.05) is 13.8 Å². The minimum Gasteiger partial charge on any atom is -0.356 e. The van der Waals surface area contributed by atoms with E-state index in [1.807, 2.05) is 16.6 Å². The monoisotopic (exact) mass is 430 g/mol. The predicted molar refractivity (Wildman–Crippen MR) is 122 cm³/mol. The summed E-state index contributed by atoms with van der Waals surface area (Å²) in [6.07, 6.45) is 6.97. The molecule has 4 aromatic rings. The summed E-state index contributed by atoms with van der Waals surface area (Å²) in [5, 5.41) is 8.98. The zero-order valence-corrected chi connectivity index (χ0v) is 18.3. The lowest BCUT2D eigenvalue weighted by molar-refractivity contribution is 0.334. The van der Waals surface area contributed by atoms with Gasteiger partial charge in [0.2, 0.25) is 0 Å². The van der Waals surface area contributed by atoms with E-state index in [2.05, 4.69) is 50.0 Å². The molecule has 1 aliphatic rings. The van der Waals surface area contributed by atoms with Gasteiger partial charge in [0.1, 0.15) is 12.1 Å². The molecule has 5 rings (SSSR count). The highest BCUT2D eigenvalue weighted by Gasteiger charge is 2.23. The summed E-state index contributed by atoms with van der Waals surface area (Å²) in [5.74, 6) is 2.38. The van der Waals surface area contributed by atoms with Crippen molar-refractivity contribution in [3.05, 3.63) is 65.1 Å². The van der Waals surface area contributed by atoms with Crippen molar-refractivity contribution in [3.63, 3.8) is 0 Å². The van der Waals surface area contributed by atoms with Crippen LogP contribution in [0.1, 0.15) is 38.3 Å². The molecule has 0 aliphatic carbocycles. The summed E-state index contributed by atoms with van der Waals surface area (Å²) in [4.78, 5) is 27.7. The molecule has 1 fully saturated rings. The Bertz CT molecular complexity index is 1270. The van der Waals surface area contributed by atoms with E-state index in [-0.39, 0.29) is 5.56 Å². The maximum atomic E-state index is 12.4. The molecule has 1 aliphatic heterocycles. The molecule has 0 atom stereocenters. The van der Waals surface area contributed by atoms with E-state index in [1.165, 1.54) is 0 Å². The number of pyridine rings is 1. The molecule has 5 heterocycles. The van der Waals surface area contributed by atoms with Crippen molar-refractivity contribution in [1.82, 2.24) is 34.3 Å². The molecule has 9 nitrogen and oxygen atoms in total. The number of hydrogen-bond acceptors (Lipinski definition) is 7. The first-order chi connectivity index (χ1) is 15.6. The van der Waals surface area contributed by atoms with Gasteiger partial charge in [-0.2, -0.15) is 19.7 Å². The van der Waals surface area contributed by atoms with Crippen LogP contribution in [0.5, 0.6) is 0 Å². The van der Waals surface area contributed by atoms with Crippen LogP contribution in [-0.4, -0.2) is 47.4 Å². The molecular weight excluding hydrogens is 404 g/mol. The van der Waals surface area contributed by atoms with Crippen LogP contribution >= 0.6 is 0 Å². The molecular formula is C23H26N8O. The lowest BCUT2D eigenvalue weighted by Gasteiger charge is -2.33. The van der Waals surface area contributed by atoms with Crippen molar-refractivity contribution < 1.29 is 0 Å². The highest BCUT2D eigenvalue weighted by molar-refractivity contribution is 5.57. The van der Waals surface area contributed by atoms with E-state index in [9.17, 15) is 4.79 Å². The summed E-state index contributed by atoms with van der Waals surface area (Å²) in [5.41, 5.74) is 2.70. The molecule has 32 heavy (non-hydrogen) atoms. The van der Waals surface area contributed by atoms with Crippen molar-refractivity contribution >= 4 is 11.6 Å². The van der Waals surface area contributed by atoms with E-state index in [4.69, 9.17) is 0 Å². The third kappa shape index (κ3) is 3.98. The van der Waals surface area contributed by atoms with Crippen LogP contribution in [0.4, 0.5) is 5.82 Å². The fourth-order valence-corrected chi connectivity index (χ4v) is 4.18. The Balaban J connectivity index is 1.32. The molecule has 0 aromatic carbocycles. The van der Waals surface area contributed by atoms with Gasteiger partial charge >= 0.3 is 0 Å². The average molecular weight is 431 g/mol. The summed E-state index contributed by atoms with van der Waals surface area (Å²) < 4.78 is 3.42. The van der Waals surface area contributed by atoms with Gasteiger partial charge in [0.05, 0.1) is 11.4 Å². The first kappa shape index (κ1) is 20.3. The predicted octanol–water partition coefficient (Wildman–Crippen LogP) is 2.78. The van der Waals surface area contributed by atoms with Gasteiger partial charge < -0.3 is 4.90 Å². The number of anilines is 1. The van der Waals surface area contributed by atoms with Gasteiger partial charge in [-0.3, -0.25) is 9.78 Å². The second-order valence-electron chi connectivity index (χ2n) is 8.57. The van der Waals surface area contributed by atoms with Gasteiger partial charge in [-0.25, -0.2) is 9.67 Å². The van der Waals surface area contributed by atoms with Crippen LogP contribution in [0.25, 0.3) is 17.0 Å². The molecule has 0 spiro atoms. The molecule has 0 unspecified atom stereocenters. The van der Waals surface area contributed by atoms with E-state index < -0.39 is 0 Å².